The molecular weight excluding hydrogens is 230 g/mol. The minimum Gasteiger partial charge on any atom is -0.457 e. The molecule has 0 aromatic heterocycles. The third kappa shape index (κ3) is 2.66. The van der Waals surface area contributed by atoms with Crippen LogP contribution in [0, 0.1) is 24.0 Å². The molecule has 2 rings (SSSR count). The molecule has 0 unspecified atom stereocenters. The molecule has 0 saturated carbocycles. The molecule has 0 saturated heterocycles. The third-order valence-electron chi connectivity index (χ3n) is 2.76. The minimum absolute atomic E-state index is 0.0578. The molecule has 0 heterocycles. The number of non-ortho nitro benzene ring substituents is 1. The fourth-order valence-corrected chi connectivity index (χ4v) is 1.55. The second-order valence-corrected chi connectivity index (χ2v) is 4.10. The Balaban J connectivity index is 2.18. The largest absolute Gasteiger partial charge is 0.457 e. The number of ether oxygens (including phenoxy) is 1. The van der Waals surface area contributed by atoms with Crippen LogP contribution in [0.1, 0.15) is 11.1 Å². The monoisotopic (exact) mass is 243 g/mol. The Morgan fingerprint density at radius 2 is 1.56 bits per heavy atom. The summed E-state index contributed by atoms with van der Waals surface area (Å²) in [6.45, 7) is 4.04. The van der Waals surface area contributed by atoms with E-state index in [0.29, 0.717) is 5.75 Å². The van der Waals surface area contributed by atoms with Crippen LogP contribution in [-0.2, 0) is 0 Å². The van der Waals surface area contributed by atoms with E-state index in [4.69, 9.17) is 4.74 Å². The van der Waals surface area contributed by atoms with Crippen molar-refractivity contribution < 1.29 is 9.66 Å². The van der Waals surface area contributed by atoms with Crippen molar-refractivity contribution in [2.45, 2.75) is 13.8 Å². The van der Waals surface area contributed by atoms with E-state index in [9.17, 15) is 10.1 Å². The average molecular weight is 243 g/mol. The molecule has 4 heteroatoms. The highest BCUT2D eigenvalue weighted by Gasteiger charge is 2.05. The number of hydrogen-bond donors (Lipinski definition) is 0. The maximum Gasteiger partial charge on any atom is 0.269 e. The first kappa shape index (κ1) is 12.1. The zero-order valence-electron chi connectivity index (χ0n) is 10.2. The van der Waals surface area contributed by atoms with Crippen molar-refractivity contribution in [3.63, 3.8) is 0 Å². The molecule has 0 radical (unpaired) electrons. The van der Waals surface area contributed by atoms with Gasteiger partial charge in [-0.05, 0) is 49.2 Å². The molecule has 0 fully saturated rings. The SMILES string of the molecule is Cc1ccc(Oc2ccc([N+](=O)[O-])cc2)cc1C. The number of benzene rings is 2. The molecule has 4 nitrogen and oxygen atoms in total. The number of aryl methyl sites for hydroxylation is 2. The molecule has 92 valence electrons. The van der Waals surface area contributed by atoms with E-state index in [0.717, 1.165) is 11.3 Å². The second kappa shape index (κ2) is 4.87. The first-order valence-corrected chi connectivity index (χ1v) is 5.56. The van der Waals surface area contributed by atoms with Gasteiger partial charge in [-0.1, -0.05) is 6.07 Å². The smallest absolute Gasteiger partial charge is 0.269 e. The van der Waals surface area contributed by atoms with Gasteiger partial charge in [-0.25, -0.2) is 0 Å². The van der Waals surface area contributed by atoms with Gasteiger partial charge in [-0.3, -0.25) is 10.1 Å². The van der Waals surface area contributed by atoms with E-state index in [1.54, 1.807) is 12.1 Å². The summed E-state index contributed by atoms with van der Waals surface area (Å²) in [5.74, 6) is 1.32. The summed E-state index contributed by atoms with van der Waals surface area (Å²) in [5, 5.41) is 10.5. The molecule has 0 amide bonds. The molecule has 0 N–H and O–H groups in total. The summed E-state index contributed by atoms with van der Waals surface area (Å²) >= 11 is 0. The molecule has 0 spiro atoms. The lowest BCUT2D eigenvalue weighted by Gasteiger charge is -2.07. The van der Waals surface area contributed by atoms with E-state index in [1.807, 2.05) is 32.0 Å². The van der Waals surface area contributed by atoms with Crippen molar-refractivity contribution in [3.8, 4) is 11.5 Å². The average Bonchev–Trinajstić information content (AvgIpc) is 2.34. The summed E-state index contributed by atoms with van der Waals surface area (Å²) in [6, 6.07) is 11.8. The van der Waals surface area contributed by atoms with Crippen molar-refractivity contribution in [3.05, 3.63) is 63.7 Å². The van der Waals surface area contributed by atoms with Gasteiger partial charge >= 0.3 is 0 Å². The first-order chi connectivity index (χ1) is 8.56. The topological polar surface area (TPSA) is 52.4 Å². The van der Waals surface area contributed by atoms with Gasteiger partial charge < -0.3 is 4.74 Å². The Morgan fingerprint density at radius 1 is 0.944 bits per heavy atom. The summed E-state index contributed by atoms with van der Waals surface area (Å²) < 4.78 is 5.63. The molecule has 18 heavy (non-hydrogen) atoms. The standard InChI is InChI=1S/C14H13NO3/c1-10-3-6-14(9-11(10)2)18-13-7-4-12(5-8-13)15(16)17/h3-9H,1-2H3. The van der Waals surface area contributed by atoms with Crippen molar-refractivity contribution in [2.75, 3.05) is 0 Å². The zero-order chi connectivity index (χ0) is 13.1. The van der Waals surface area contributed by atoms with Gasteiger partial charge in [0, 0.05) is 12.1 Å². The van der Waals surface area contributed by atoms with Crippen LogP contribution in [-0.4, -0.2) is 4.92 Å². The lowest BCUT2D eigenvalue weighted by molar-refractivity contribution is -0.384. The normalized spacial score (nSPS) is 10.1. The van der Waals surface area contributed by atoms with Gasteiger partial charge in [-0.15, -0.1) is 0 Å². The molecule has 2 aromatic rings. The number of nitro groups is 1. The molecule has 2 aromatic carbocycles. The lowest BCUT2D eigenvalue weighted by Crippen LogP contribution is -1.89. The first-order valence-electron chi connectivity index (χ1n) is 5.56. The Hall–Kier alpha value is -2.36. The van der Waals surface area contributed by atoms with Crippen LogP contribution < -0.4 is 4.74 Å². The quantitative estimate of drug-likeness (QED) is 0.604. The lowest BCUT2D eigenvalue weighted by atomic mass is 10.1. The Labute approximate surface area is 105 Å². The van der Waals surface area contributed by atoms with Crippen molar-refractivity contribution in [1.29, 1.82) is 0 Å². The van der Waals surface area contributed by atoms with Crippen LogP contribution in [0.2, 0.25) is 0 Å². The number of hydrogen-bond acceptors (Lipinski definition) is 3. The summed E-state index contributed by atoms with van der Waals surface area (Å²) in [6.07, 6.45) is 0. The van der Waals surface area contributed by atoms with Crippen LogP contribution in [0.5, 0.6) is 11.5 Å². The predicted molar refractivity (Wildman–Crippen MR) is 69.1 cm³/mol. The summed E-state index contributed by atoms with van der Waals surface area (Å²) in [5.41, 5.74) is 2.41. The number of rotatable bonds is 3. The summed E-state index contributed by atoms with van der Waals surface area (Å²) in [7, 11) is 0. The molecule has 0 bridgehead atoms. The highest BCUT2D eigenvalue weighted by Crippen LogP contribution is 2.25. The number of nitro benzene ring substituents is 1. The molecular formula is C14H13NO3. The molecule has 0 aliphatic carbocycles. The van der Waals surface area contributed by atoms with Crippen LogP contribution >= 0.6 is 0 Å². The van der Waals surface area contributed by atoms with Gasteiger partial charge in [0.2, 0.25) is 0 Å². The van der Waals surface area contributed by atoms with E-state index in [1.165, 1.54) is 17.7 Å². The van der Waals surface area contributed by atoms with Gasteiger partial charge in [0.25, 0.3) is 5.69 Å². The van der Waals surface area contributed by atoms with Gasteiger partial charge in [-0.2, -0.15) is 0 Å². The van der Waals surface area contributed by atoms with E-state index in [-0.39, 0.29) is 5.69 Å². The highest BCUT2D eigenvalue weighted by atomic mass is 16.6. The van der Waals surface area contributed by atoms with Gasteiger partial charge in [0.15, 0.2) is 0 Å². The molecule has 0 aliphatic heterocycles. The van der Waals surface area contributed by atoms with Crippen molar-refractivity contribution >= 4 is 5.69 Å². The minimum atomic E-state index is -0.431. The van der Waals surface area contributed by atoms with Crippen LogP contribution in [0.4, 0.5) is 5.69 Å². The Kier molecular flexibility index (Phi) is 3.28. The van der Waals surface area contributed by atoms with Crippen molar-refractivity contribution in [1.82, 2.24) is 0 Å². The van der Waals surface area contributed by atoms with E-state index >= 15 is 0 Å². The van der Waals surface area contributed by atoms with Gasteiger partial charge in [0.1, 0.15) is 11.5 Å². The fourth-order valence-electron chi connectivity index (χ4n) is 1.55. The Bertz CT molecular complexity index is 576. The second-order valence-electron chi connectivity index (χ2n) is 4.10. The molecule has 0 aliphatic rings. The van der Waals surface area contributed by atoms with E-state index in [2.05, 4.69) is 0 Å². The summed E-state index contributed by atoms with van der Waals surface area (Å²) in [4.78, 5) is 10.1. The van der Waals surface area contributed by atoms with Crippen LogP contribution in [0.3, 0.4) is 0 Å². The van der Waals surface area contributed by atoms with Gasteiger partial charge in [0.05, 0.1) is 4.92 Å². The van der Waals surface area contributed by atoms with Crippen molar-refractivity contribution in [2.24, 2.45) is 0 Å². The maximum absolute atomic E-state index is 10.5. The third-order valence-corrected chi connectivity index (χ3v) is 2.76. The van der Waals surface area contributed by atoms with Crippen LogP contribution in [0.15, 0.2) is 42.5 Å². The predicted octanol–water partition coefficient (Wildman–Crippen LogP) is 4.00. The van der Waals surface area contributed by atoms with Crippen LogP contribution in [0.25, 0.3) is 0 Å². The Morgan fingerprint density at radius 3 is 2.11 bits per heavy atom. The highest BCUT2D eigenvalue weighted by molar-refractivity contribution is 5.40. The number of nitrogens with zero attached hydrogens (tertiary/aromatic N) is 1. The van der Waals surface area contributed by atoms with E-state index < -0.39 is 4.92 Å². The maximum atomic E-state index is 10.5. The molecule has 0 atom stereocenters. The fraction of sp³-hybridized carbons (Fsp3) is 0.143. The zero-order valence-corrected chi connectivity index (χ0v) is 10.2.